The Bertz CT molecular complexity index is 1220. The zero-order valence-electron chi connectivity index (χ0n) is 14.8. The third kappa shape index (κ3) is 4.14. The fourth-order valence-corrected chi connectivity index (χ4v) is 4.20. The summed E-state index contributed by atoms with van der Waals surface area (Å²) in [5.41, 5.74) is 0.979. The van der Waals surface area contributed by atoms with Crippen LogP contribution in [-0.2, 0) is 16.6 Å². The number of halogens is 2. The molecule has 2 N–H and O–H groups in total. The molecule has 1 aliphatic heterocycles. The van der Waals surface area contributed by atoms with E-state index in [0.29, 0.717) is 27.1 Å². The highest BCUT2D eigenvalue weighted by atomic mass is 35.5. The molecular formula is C19H14Cl2N4O3S. The second-order valence-corrected chi connectivity index (χ2v) is 8.49. The summed E-state index contributed by atoms with van der Waals surface area (Å²) in [6.45, 7) is 0.162. The summed E-state index contributed by atoms with van der Waals surface area (Å²) < 4.78 is 33.6. The van der Waals surface area contributed by atoms with Crippen molar-refractivity contribution in [1.82, 2.24) is 9.71 Å². The Labute approximate surface area is 177 Å². The van der Waals surface area contributed by atoms with E-state index in [2.05, 4.69) is 20.0 Å². The SMILES string of the molecule is O=S1(=O)NC(=NCc2ccncc2Cl)Nc2c(Oc3ccccc3Cl)cccc21. The maximum atomic E-state index is 12.7. The first-order valence-electron chi connectivity index (χ1n) is 8.42. The van der Waals surface area contributed by atoms with Crippen molar-refractivity contribution >= 4 is 44.9 Å². The van der Waals surface area contributed by atoms with Gasteiger partial charge in [0, 0.05) is 12.4 Å². The Morgan fingerprint density at radius 3 is 2.59 bits per heavy atom. The topological polar surface area (TPSA) is 92.7 Å². The molecule has 2 heterocycles. The number of rotatable bonds is 4. The lowest BCUT2D eigenvalue weighted by molar-refractivity contribution is 0.483. The van der Waals surface area contributed by atoms with Crippen molar-refractivity contribution in [2.24, 2.45) is 4.99 Å². The lowest BCUT2D eigenvalue weighted by Gasteiger charge is -2.23. The second-order valence-electron chi connectivity index (χ2n) is 6.02. The predicted octanol–water partition coefficient (Wildman–Crippen LogP) is 4.44. The maximum absolute atomic E-state index is 12.7. The molecule has 1 aromatic heterocycles. The lowest BCUT2D eigenvalue weighted by Crippen LogP contribution is -2.40. The summed E-state index contributed by atoms with van der Waals surface area (Å²) in [6.07, 6.45) is 3.09. The Morgan fingerprint density at radius 1 is 1.00 bits per heavy atom. The molecule has 148 valence electrons. The normalized spacial score (nSPS) is 15.9. The second kappa shape index (κ2) is 7.90. The molecule has 0 saturated carbocycles. The van der Waals surface area contributed by atoms with Crippen LogP contribution >= 0.6 is 23.2 Å². The number of nitrogens with zero attached hydrogens (tertiary/aromatic N) is 2. The van der Waals surface area contributed by atoms with Crippen molar-refractivity contribution in [1.29, 1.82) is 0 Å². The molecule has 0 saturated heterocycles. The fourth-order valence-electron chi connectivity index (χ4n) is 2.68. The minimum Gasteiger partial charge on any atom is -0.454 e. The number of benzene rings is 2. The van der Waals surface area contributed by atoms with Crippen LogP contribution in [0.5, 0.6) is 11.5 Å². The van der Waals surface area contributed by atoms with Gasteiger partial charge in [-0.25, -0.2) is 18.1 Å². The summed E-state index contributed by atoms with van der Waals surface area (Å²) >= 11 is 12.2. The molecule has 0 aliphatic carbocycles. The molecule has 3 aromatic rings. The van der Waals surface area contributed by atoms with Gasteiger partial charge in [-0.2, -0.15) is 0 Å². The van der Waals surface area contributed by atoms with E-state index in [9.17, 15) is 8.42 Å². The van der Waals surface area contributed by atoms with Crippen molar-refractivity contribution in [3.63, 3.8) is 0 Å². The highest BCUT2D eigenvalue weighted by Crippen LogP contribution is 2.38. The van der Waals surface area contributed by atoms with Crippen LogP contribution in [0, 0.1) is 0 Å². The van der Waals surface area contributed by atoms with E-state index in [1.54, 1.807) is 48.7 Å². The lowest BCUT2D eigenvalue weighted by atomic mass is 10.2. The van der Waals surface area contributed by atoms with E-state index in [-0.39, 0.29) is 23.1 Å². The van der Waals surface area contributed by atoms with E-state index >= 15 is 0 Å². The molecule has 0 radical (unpaired) electrons. The van der Waals surface area contributed by atoms with Gasteiger partial charge in [0.2, 0.25) is 5.96 Å². The number of pyridine rings is 1. The van der Waals surface area contributed by atoms with Crippen LogP contribution in [0.1, 0.15) is 5.56 Å². The summed E-state index contributed by atoms with van der Waals surface area (Å²) in [4.78, 5) is 8.26. The van der Waals surface area contributed by atoms with Gasteiger partial charge in [0.1, 0.15) is 16.3 Å². The zero-order valence-corrected chi connectivity index (χ0v) is 17.1. The molecule has 4 rings (SSSR count). The van der Waals surface area contributed by atoms with Crippen LogP contribution in [0.4, 0.5) is 5.69 Å². The summed E-state index contributed by atoms with van der Waals surface area (Å²) in [7, 11) is -3.83. The zero-order chi connectivity index (χ0) is 20.4. The minimum atomic E-state index is -3.83. The van der Waals surface area contributed by atoms with Crippen LogP contribution in [-0.4, -0.2) is 19.4 Å². The van der Waals surface area contributed by atoms with Gasteiger partial charge in [-0.15, -0.1) is 0 Å². The minimum absolute atomic E-state index is 0.0444. The Morgan fingerprint density at radius 2 is 1.79 bits per heavy atom. The van der Waals surface area contributed by atoms with Crippen LogP contribution < -0.4 is 14.8 Å². The molecule has 10 heteroatoms. The molecule has 0 bridgehead atoms. The molecular weight excluding hydrogens is 435 g/mol. The molecule has 2 aromatic carbocycles. The first kappa shape index (κ1) is 19.5. The maximum Gasteiger partial charge on any atom is 0.266 e. The van der Waals surface area contributed by atoms with Crippen molar-refractivity contribution in [2.75, 3.05) is 5.32 Å². The van der Waals surface area contributed by atoms with Crippen LogP contribution in [0.15, 0.2) is 70.8 Å². The molecule has 7 nitrogen and oxygen atoms in total. The monoisotopic (exact) mass is 448 g/mol. The van der Waals surface area contributed by atoms with Gasteiger partial charge in [-0.05, 0) is 35.9 Å². The number of fused-ring (bicyclic) bond motifs is 1. The predicted molar refractivity (Wildman–Crippen MR) is 112 cm³/mol. The Hall–Kier alpha value is -2.81. The number of guanidine groups is 1. The molecule has 0 amide bonds. The number of hydrogen-bond acceptors (Lipinski definition) is 5. The summed E-state index contributed by atoms with van der Waals surface area (Å²) in [5, 5.41) is 3.83. The van der Waals surface area contributed by atoms with E-state index in [1.807, 2.05) is 0 Å². The van der Waals surface area contributed by atoms with Gasteiger partial charge in [0.05, 0.1) is 16.6 Å². The van der Waals surface area contributed by atoms with Gasteiger partial charge in [0.25, 0.3) is 10.0 Å². The number of anilines is 1. The standard InChI is InChI=1S/C19H14Cl2N4O3S/c20-13-4-1-2-5-15(13)28-16-6-3-7-17-18(16)24-19(25-29(17,26)27)23-10-12-8-9-22-11-14(12)21/h1-9,11H,10H2,(H2,23,24,25). The van der Waals surface area contributed by atoms with Gasteiger partial charge in [-0.1, -0.05) is 41.4 Å². The molecule has 29 heavy (non-hydrogen) atoms. The van der Waals surface area contributed by atoms with E-state index in [4.69, 9.17) is 27.9 Å². The quantitative estimate of drug-likeness (QED) is 0.615. The summed E-state index contributed by atoms with van der Waals surface area (Å²) in [5.74, 6) is 0.762. The molecule has 0 fully saturated rings. The average Bonchev–Trinajstić information content (AvgIpc) is 2.69. The van der Waals surface area contributed by atoms with Crippen molar-refractivity contribution in [2.45, 2.75) is 11.4 Å². The third-order valence-corrected chi connectivity index (χ3v) is 6.11. The van der Waals surface area contributed by atoms with E-state index in [0.717, 1.165) is 0 Å². The number of ether oxygens (including phenoxy) is 1. The van der Waals surface area contributed by atoms with Gasteiger partial charge < -0.3 is 10.1 Å². The smallest absolute Gasteiger partial charge is 0.266 e. The molecule has 0 atom stereocenters. The van der Waals surface area contributed by atoms with Crippen molar-refractivity contribution in [3.05, 3.63) is 76.5 Å². The number of sulfonamides is 1. The third-order valence-electron chi connectivity index (χ3n) is 4.07. The van der Waals surface area contributed by atoms with Crippen molar-refractivity contribution < 1.29 is 13.2 Å². The number of aliphatic imine (C=N–C) groups is 1. The van der Waals surface area contributed by atoms with Crippen LogP contribution in [0.2, 0.25) is 10.0 Å². The molecule has 0 unspecified atom stereocenters. The van der Waals surface area contributed by atoms with Gasteiger partial charge in [-0.3, -0.25) is 4.98 Å². The van der Waals surface area contributed by atoms with E-state index in [1.165, 1.54) is 12.3 Å². The first-order chi connectivity index (χ1) is 13.9. The Kier molecular flexibility index (Phi) is 5.31. The average molecular weight is 449 g/mol. The number of hydrogen-bond donors (Lipinski definition) is 2. The van der Waals surface area contributed by atoms with Gasteiger partial charge in [0.15, 0.2) is 5.75 Å². The first-order valence-corrected chi connectivity index (χ1v) is 10.7. The number of nitrogens with one attached hydrogen (secondary N) is 2. The van der Waals surface area contributed by atoms with Crippen LogP contribution in [0.25, 0.3) is 0 Å². The van der Waals surface area contributed by atoms with Crippen LogP contribution in [0.3, 0.4) is 0 Å². The van der Waals surface area contributed by atoms with Crippen molar-refractivity contribution in [3.8, 4) is 11.5 Å². The largest absolute Gasteiger partial charge is 0.454 e. The Balaban J connectivity index is 1.69. The van der Waals surface area contributed by atoms with E-state index < -0.39 is 10.0 Å². The summed E-state index contributed by atoms with van der Waals surface area (Å²) in [6, 6.07) is 13.3. The number of para-hydroxylation sites is 2. The highest BCUT2D eigenvalue weighted by Gasteiger charge is 2.29. The number of aromatic nitrogens is 1. The molecule has 1 aliphatic rings. The molecule has 0 spiro atoms. The van der Waals surface area contributed by atoms with Gasteiger partial charge >= 0.3 is 0 Å². The highest BCUT2D eigenvalue weighted by molar-refractivity contribution is 7.90. The fraction of sp³-hybridized carbons (Fsp3) is 0.0526.